The van der Waals surface area contributed by atoms with Crippen molar-refractivity contribution in [1.82, 2.24) is 5.32 Å². The van der Waals surface area contributed by atoms with Gasteiger partial charge in [0.1, 0.15) is 5.82 Å². The lowest BCUT2D eigenvalue weighted by Crippen LogP contribution is -2.60. The zero-order chi connectivity index (χ0) is 14.0. The van der Waals surface area contributed by atoms with Crippen LogP contribution in [0.3, 0.4) is 0 Å². The summed E-state index contributed by atoms with van der Waals surface area (Å²) in [6.07, 6.45) is 1.28. The Labute approximate surface area is 119 Å². The lowest BCUT2D eigenvalue weighted by molar-refractivity contribution is -0.114. The van der Waals surface area contributed by atoms with Gasteiger partial charge < -0.3 is 10.1 Å². The standard InChI is InChI=1S/C15H21ClFNO/c1-4-19-14-8-13(15(14,2)3)18-9-10-5-6-11(16)7-12(10)17/h5-7,13-14,18H,4,8-9H2,1-3H3. The van der Waals surface area contributed by atoms with Crippen LogP contribution >= 0.6 is 11.6 Å². The Morgan fingerprint density at radius 3 is 2.79 bits per heavy atom. The van der Waals surface area contributed by atoms with Crippen molar-refractivity contribution >= 4 is 11.6 Å². The molecule has 1 N–H and O–H groups in total. The van der Waals surface area contributed by atoms with Gasteiger partial charge >= 0.3 is 0 Å². The predicted molar refractivity (Wildman–Crippen MR) is 75.8 cm³/mol. The molecule has 2 rings (SSSR count). The molecule has 0 aromatic heterocycles. The second-order valence-electron chi connectivity index (χ2n) is 5.67. The average Bonchev–Trinajstić information content (AvgIpc) is 2.35. The number of halogens is 2. The Morgan fingerprint density at radius 1 is 1.47 bits per heavy atom. The van der Waals surface area contributed by atoms with Crippen LogP contribution in [0.2, 0.25) is 5.02 Å². The molecule has 1 saturated carbocycles. The van der Waals surface area contributed by atoms with Gasteiger partial charge in [-0.05, 0) is 25.5 Å². The molecule has 0 saturated heterocycles. The van der Waals surface area contributed by atoms with Crippen molar-refractivity contribution in [2.24, 2.45) is 5.41 Å². The van der Waals surface area contributed by atoms with Crippen molar-refractivity contribution < 1.29 is 9.13 Å². The fourth-order valence-corrected chi connectivity index (χ4v) is 2.77. The highest BCUT2D eigenvalue weighted by molar-refractivity contribution is 6.30. The van der Waals surface area contributed by atoms with Gasteiger partial charge in [0, 0.05) is 35.2 Å². The van der Waals surface area contributed by atoms with Crippen molar-refractivity contribution in [2.75, 3.05) is 6.61 Å². The number of ether oxygens (including phenoxy) is 1. The molecule has 0 aliphatic heterocycles. The van der Waals surface area contributed by atoms with Crippen molar-refractivity contribution in [1.29, 1.82) is 0 Å². The second-order valence-corrected chi connectivity index (χ2v) is 6.11. The van der Waals surface area contributed by atoms with E-state index in [0.29, 0.717) is 29.3 Å². The van der Waals surface area contributed by atoms with Crippen molar-refractivity contribution in [3.63, 3.8) is 0 Å². The average molecular weight is 286 g/mol. The number of nitrogens with one attached hydrogen (secondary N) is 1. The molecule has 1 aliphatic rings. The molecule has 0 heterocycles. The fraction of sp³-hybridized carbons (Fsp3) is 0.600. The Balaban J connectivity index is 1.90. The summed E-state index contributed by atoms with van der Waals surface area (Å²) in [7, 11) is 0. The highest BCUT2D eigenvalue weighted by Gasteiger charge is 2.48. The summed E-state index contributed by atoms with van der Waals surface area (Å²) in [6.45, 7) is 7.65. The maximum atomic E-state index is 13.7. The van der Waals surface area contributed by atoms with Crippen molar-refractivity contribution in [3.8, 4) is 0 Å². The van der Waals surface area contributed by atoms with Gasteiger partial charge in [0.2, 0.25) is 0 Å². The molecule has 2 unspecified atom stereocenters. The van der Waals surface area contributed by atoms with E-state index in [1.54, 1.807) is 12.1 Å². The molecule has 0 amide bonds. The Morgan fingerprint density at radius 2 is 2.21 bits per heavy atom. The van der Waals surface area contributed by atoms with Crippen LogP contribution in [0.4, 0.5) is 4.39 Å². The first-order valence-corrected chi connectivity index (χ1v) is 7.12. The van der Waals surface area contributed by atoms with Crippen molar-refractivity contribution in [2.45, 2.75) is 45.9 Å². The second kappa shape index (κ2) is 5.78. The first-order chi connectivity index (χ1) is 8.95. The van der Waals surface area contributed by atoms with Crippen LogP contribution in [0, 0.1) is 11.2 Å². The van der Waals surface area contributed by atoms with E-state index in [1.807, 2.05) is 6.92 Å². The zero-order valence-corrected chi connectivity index (χ0v) is 12.4. The molecule has 0 spiro atoms. The fourth-order valence-electron chi connectivity index (χ4n) is 2.61. The molecule has 4 heteroatoms. The highest BCUT2D eigenvalue weighted by atomic mass is 35.5. The maximum Gasteiger partial charge on any atom is 0.129 e. The SMILES string of the molecule is CCOC1CC(NCc2ccc(Cl)cc2F)C1(C)C. The molecular weight excluding hydrogens is 265 g/mol. The van der Waals surface area contributed by atoms with Gasteiger partial charge in [-0.1, -0.05) is 31.5 Å². The van der Waals surface area contributed by atoms with Crippen LogP contribution in [0.25, 0.3) is 0 Å². The Bertz CT molecular complexity index is 450. The number of hydrogen-bond donors (Lipinski definition) is 1. The van der Waals surface area contributed by atoms with Crippen LogP contribution in [0.15, 0.2) is 18.2 Å². The van der Waals surface area contributed by atoms with Crippen LogP contribution in [-0.4, -0.2) is 18.8 Å². The summed E-state index contributed by atoms with van der Waals surface area (Å²) in [5.41, 5.74) is 0.749. The van der Waals surface area contributed by atoms with Crippen LogP contribution in [-0.2, 0) is 11.3 Å². The molecule has 2 nitrogen and oxygen atoms in total. The highest BCUT2D eigenvalue weighted by Crippen LogP contribution is 2.42. The van der Waals surface area contributed by atoms with Gasteiger partial charge in [0.25, 0.3) is 0 Å². The number of hydrogen-bond acceptors (Lipinski definition) is 2. The van der Waals surface area contributed by atoms with E-state index in [9.17, 15) is 4.39 Å². The van der Waals surface area contributed by atoms with Gasteiger partial charge in [-0.25, -0.2) is 4.39 Å². The van der Waals surface area contributed by atoms with Gasteiger partial charge in [-0.15, -0.1) is 0 Å². The zero-order valence-electron chi connectivity index (χ0n) is 11.7. The summed E-state index contributed by atoms with van der Waals surface area (Å²) in [4.78, 5) is 0. The summed E-state index contributed by atoms with van der Waals surface area (Å²) >= 11 is 5.74. The summed E-state index contributed by atoms with van der Waals surface area (Å²) in [6, 6.07) is 5.17. The Kier molecular flexibility index (Phi) is 4.49. The third kappa shape index (κ3) is 3.10. The van der Waals surface area contributed by atoms with E-state index >= 15 is 0 Å². The molecule has 0 radical (unpaired) electrons. The quantitative estimate of drug-likeness (QED) is 0.889. The minimum atomic E-state index is -0.251. The summed E-state index contributed by atoms with van der Waals surface area (Å²) in [5.74, 6) is -0.251. The van der Waals surface area contributed by atoms with Gasteiger partial charge in [0.05, 0.1) is 6.10 Å². The van der Waals surface area contributed by atoms with E-state index in [2.05, 4.69) is 19.2 Å². The van der Waals surface area contributed by atoms with E-state index in [-0.39, 0.29) is 11.2 Å². The minimum Gasteiger partial charge on any atom is -0.378 e. The summed E-state index contributed by atoms with van der Waals surface area (Å²) in [5, 5.41) is 3.84. The van der Waals surface area contributed by atoms with E-state index in [4.69, 9.17) is 16.3 Å². The van der Waals surface area contributed by atoms with Crippen LogP contribution in [0.1, 0.15) is 32.8 Å². The maximum absolute atomic E-state index is 13.7. The van der Waals surface area contributed by atoms with Gasteiger partial charge in [-0.2, -0.15) is 0 Å². The molecule has 0 bridgehead atoms. The number of rotatable bonds is 5. The van der Waals surface area contributed by atoms with E-state index in [1.165, 1.54) is 6.07 Å². The number of benzene rings is 1. The predicted octanol–water partition coefficient (Wildman–Crippen LogP) is 3.77. The molecule has 1 aromatic carbocycles. The minimum absolute atomic E-state index is 0.0961. The summed E-state index contributed by atoms with van der Waals surface area (Å²) < 4.78 is 19.3. The third-order valence-corrected chi connectivity index (χ3v) is 4.33. The molecule has 19 heavy (non-hydrogen) atoms. The topological polar surface area (TPSA) is 21.3 Å². The molecular formula is C15H21ClFNO. The molecule has 1 aliphatic carbocycles. The molecule has 106 valence electrons. The van der Waals surface area contributed by atoms with Gasteiger partial charge in [0.15, 0.2) is 0 Å². The van der Waals surface area contributed by atoms with Crippen LogP contribution in [0.5, 0.6) is 0 Å². The largest absolute Gasteiger partial charge is 0.378 e. The smallest absolute Gasteiger partial charge is 0.129 e. The van der Waals surface area contributed by atoms with Crippen molar-refractivity contribution in [3.05, 3.63) is 34.6 Å². The lowest BCUT2D eigenvalue weighted by atomic mass is 9.64. The normalized spacial score (nSPS) is 25.1. The monoisotopic (exact) mass is 285 g/mol. The molecule has 1 fully saturated rings. The lowest BCUT2D eigenvalue weighted by Gasteiger charge is -2.52. The Hall–Kier alpha value is -0.640. The van der Waals surface area contributed by atoms with E-state index < -0.39 is 0 Å². The van der Waals surface area contributed by atoms with Gasteiger partial charge in [-0.3, -0.25) is 0 Å². The third-order valence-electron chi connectivity index (χ3n) is 4.10. The van der Waals surface area contributed by atoms with E-state index in [0.717, 1.165) is 13.0 Å². The van der Waals surface area contributed by atoms with Crippen LogP contribution < -0.4 is 5.32 Å². The molecule has 1 aromatic rings. The molecule has 2 atom stereocenters. The first-order valence-electron chi connectivity index (χ1n) is 6.74. The first kappa shape index (κ1) is 14.8.